The van der Waals surface area contributed by atoms with Gasteiger partial charge in [0.25, 0.3) is 0 Å². The first kappa shape index (κ1) is 14.9. The Labute approximate surface area is 117 Å². The fourth-order valence-corrected chi connectivity index (χ4v) is 2.08. The van der Waals surface area contributed by atoms with E-state index in [0.717, 1.165) is 28.8 Å². The van der Waals surface area contributed by atoms with Gasteiger partial charge in [-0.25, -0.2) is 4.39 Å². The molecule has 96 valence electrons. The molecule has 0 saturated heterocycles. The zero-order chi connectivity index (χ0) is 12.9. The van der Waals surface area contributed by atoms with Crippen molar-refractivity contribution in [3.63, 3.8) is 0 Å². The number of halogens is 2. The number of hydrogen-bond donors (Lipinski definition) is 2. The quantitative estimate of drug-likeness (QED) is 0.630. The first-order valence-corrected chi connectivity index (χ1v) is 6.86. The molecule has 2 nitrogen and oxygen atoms in total. The van der Waals surface area contributed by atoms with Crippen LogP contribution in [0.4, 0.5) is 4.39 Å². The second kappa shape index (κ2) is 6.66. The Balaban J connectivity index is 2.27. The summed E-state index contributed by atoms with van der Waals surface area (Å²) in [4.78, 5) is 0. The van der Waals surface area contributed by atoms with Crippen LogP contribution in [0, 0.1) is 9.39 Å². The zero-order valence-electron chi connectivity index (χ0n) is 10.6. The first-order valence-electron chi connectivity index (χ1n) is 5.78. The molecule has 2 N–H and O–H groups in total. The average Bonchev–Trinajstić information content (AvgIpc) is 2.18. The van der Waals surface area contributed by atoms with Crippen LogP contribution in [-0.2, 0) is 6.54 Å². The summed E-state index contributed by atoms with van der Waals surface area (Å²) >= 11 is 2.16. The maximum Gasteiger partial charge on any atom is 0.124 e. The van der Waals surface area contributed by atoms with Crippen molar-refractivity contribution in [3.8, 4) is 0 Å². The number of benzene rings is 1. The van der Waals surface area contributed by atoms with Crippen molar-refractivity contribution in [2.24, 2.45) is 0 Å². The molecule has 0 fully saturated rings. The van der Waals surface area contributed by atoms with Gasteiger partial charge in [-0.3, -0.25) is 0 Å². The minimum atomic E-state index is -0.174. The number of nitrogens with one attached hydrogen (secondary N) is 2. The van der Waals surface area contributed by atoms with Crippen molar-refractivity contribution >= 4 is 22.6 Å². The third-order valence-corrected chi connectivity index (χ3v) is 3.29. The molecular formula is C13H20FIN2. The Morgan fingerprint density at radius 2 is 1.94 bits per heavy atom. The van der Waals surface area contributed by atoms with Gasteiger partial charge >= 0.3 is 0 Å². The maximum atomic E-state index is 12.9. The van der Waals surface area contributed by atoms with E-state index in [1.807, 2.05) is 6.07 Å². The number of rotatable bonds is 5. The fraction of sp³-hybridized carbons (Fsp3) is 0.538. The minimum Gasteiger partial charge on any atom is -0.311 e. The summed E-state index contributed by atoms with van der Waals surface area (Å²) in [7, 11) is 0. The highest BCUT2D eigenvalue weighted by atomic mass is 127. The van der Waals surface area contributed by atoms with E-state index < -0.39 is 0 Å². The van der Waals surface area contributed by atoms with Gasteiger partial charge in [-0.05, 0) is 61.1 Å². The van der Waals surface area contributed by atoms with E-state index in [2.05, 4.69) is 54.0 Å². The van der Waals surface area contributed by atoms with Gasteiger partial charge in [-0.1, -0.05) is 6.07 Å². The molecule has 1 aromatic carbocycles. The van der Waals surface area contributed by atoms with Gasteiger partial charge in [0.1, 0.15) is 5.82 Å². The Bertz CT molecular complexity index is 361. The molecule has 0 radical (unpaired) electrons. The topological polar surface area (TPSA) is 24.1 Å². The summed E-state index contributed by atoms with van der Waals surface area (Å²) in [6.07, 6.45) is 0. The van der Waals surface area contributed by atoms with Crippen molar-refractivity contribution in [3.05, 3.63) is 33.1 Å². The van der Waals surface area contributed by atoms with Crippen molar-refractivity contribution in [1.82, 2.24) is 10.6 Å². The van der Waals surface area contributed by atoms with Crippen LogP contribution in [0.25, 0.3) is 0 Å². The summed E-state index contributed by atoms with van der Waals surface area (Å²) in [5.74, 6) is -0.174. The lowest BCUT2D eigenvalue weighted by molar-refractivity contribution is 0.421. The molecule has 0 aliphatic heterocycles. The van der Waals surface area contributed by atoms with Gasteiger partial charge in [0.2, 0.25) is 0 Å². The van der Waals surface area contributed by atoms with Crippen LogP contribution in [0.1, 0.15) is 26.3 Å². The summed E-state index contributed by atoms with van der Waals surface area (Å²) in [6, 6.07) is 4.90. The fourth-order valence-electron chi connectivity index (χ4n) is 1.41. The van der Waals surface area contributed by atoms with Gasteiger partial charge in [0, 0.05) is 28.7 Å². The lowest BCUT2D eigenvalue weighted by Gasteiger charge is -2.20. The molecule has 0 spiro atoms. The van der Waals surface area contributed by atoms with E-state index in [9.17, 15) is 4.39 Å². The van der Waals surface area contributed by atoms with Gasteiger partial charge in [0.05, 0.1) is 0 Å². The molecule has 0 aliphatic carbocycles. The monoisotopic (exact) mass is 350 g/mol. The molecule has 1 rings (SSSR count). The zero-order valence-corrected chi connectivity index (χ0v) is 12.8. The van der Waals surface area contributed by atoms with Crippen LogP contribution in [0.2, 0.25) is 0 Å². The Morgan fingerprint density at radius 3 is 2.53 bits per heavy atom. The number of hydrogen-bond acceptors (Lipinski definition) is 2. The standard InChI is InChI=1S/C13H20FIN2/c1-13(2,3)17-7-6-16-9-10-4-5-11(14)8-12(10)15/h4-5,8,16-17H,6-7,9H2,1-3H3. The SMILES string of the molecule is CC(C)(C)NCCNCc1ccc(F)cc1I. The third-order valence-electron chi connectivity index (χ3n) is 2.29. The molecule has 0 bridgehead atoms. The van der Waals surface area contributed by atoms with E-state index in [0.29, 0.717) is 0 Å². The Morgan fingerprint density at radius 1 is 1.24 bits per heavy atom. The normalized spacial score (nSPS) is 11.8. The van der Waals surface area contributed by atoms with Crippen molar-refractivity contribution < 1.29 is 4.39 Å². The highest BCUT2D eigenvalue weighted by Gasteiger charge is 2.07. The summed E-state index contributed by atoms with van der Waals surface area (Å²) in [5.41, 5.74) is 1.30. The molecule has 0 aromatic heterocycles. The molecule has 0 heterocycles. The van der Waals surface area contributed by atoms with Crippen molar-refractivity contribution in [1.29, 1.82) is 0 Å². The van der Waals surface area contributed by atoms with Gasteiger partial charge in [-0.15, -0.1) is 0 Å². The molecule has 0 aliphatic rings. The Kier molecular flexibility index (Phi) is 5.82. The molecule has 0 unspecified atom stereocenters. The highest BCUT2D eigenvalue weighted by molar-refractivity contribution is 14.1. The van der Waals surface area contributed by atoms with E-state index in [1.165, 1.54) is 6.07 Å². The predicted molar refractivity (Wildman–Crippen MR) is 78.6 cm³/mol. The minimum absolute atomic E-state index is 0.159. The van der Waals surface area contributed by atoms with Crippen LogP contribution in [0.15, 0.2) is 18.2 Å². The van der Waals surface area contributed by atoms with E-state index in [4.69, 9.17) is 0 Å². The second-order valence-electron chi connectivity index (χ2n) is 5.09. The second-order valence-corrected chi connectivity index (χ2v) is 6.25. The van der Waals surface area contributed by atoms with Crippen molar-refractivity contribution in [2.45, 2.75) is 32.9 Å². The molecule has 17 heavy (non-hydrogen) atoms. The highest BCUT2D eigenvalue weighted by Crippen LogP contribution is 2.13. The molecule has 1 aromatic rings. The lowest BCUT2D eigenvalue weighted by atomic mass is 10.1. The summed E-state index contributed by atoms with van der Waals surface area (Å²) in [5, 5.41) is 6.75. The van der Waals surface area contributed by atoms with Crippen LogP contribution < -0.4 is 10.6 Å². The van der Waals surface area contributed by atoms with Gasteiger partial charge in [-0.2, -0.15) is 0 Å². The van der Waals surface area contributed by atoms with E-state index >= 15 is 0 Å². The first-order chi connectivity index (χ1) is 7.88. The summed E-state index contributed by atoms with van der Waals surface area (Å²) < 4.78 is 13.9. The molecule has 0 atom stereocenters. The van der Waals surface area contributed by atoms with Crippen LogP contribution in [0.3, 0.4) is 0 Å². The molecule has 4 heteroatoms. The molecule has 0 amide bonds. The lowest BCUT2D eigenvalue weighted by Crippen LogP contribution is -2.40. The van der Waals surface area contributed by atoms with Crippen molar-refractivity contribution in [2.75, 3.05) is 13.1 Å². The maximum absolute atomic E-state index is 12.9. The van der Waals surface area contributed by atoms with Gasteiger partial charge in [0.15, 0.2) is 0 Å². The predicted octanol–water partition coefficient (Wildman–Crippen LogP) is 2.91. The third kappa shape index (κ3) is 6.33. The smallest absolute Gasteiger partial charge is 0.124 e. The summed E-state index contributed by atoms with van der Waals surface area (Å²) in [6.45, 7) is 9.07. The molecular weight excluding hydrogens is 330 g/mol. The van der Waals surface area contributed by atoms with E-state index in [-0.39, 0.29) is 11.4 Å². The average molecular weight is 350 g/mol. The largest absolute Gasteiger partial charge is 0.311 e. The van der Waals surface area contributed by atoms with Crippen LogP contribution >= 0.6 is 22.6 Å². The van der Waals surface area contributed by atoms with Crippen LogP contribution in [0.5, 0.6) is 0 Å². The Hall–Kier alpha value is -0.200. The van der Waals surface area contributed by atoms with Gasteiger partial charge < -0.3 is 10.6 Å². The van der Waals surface area contributed by atoms with Crippen LogP contribution in [-0.4, -0.2) is 18.6 Å². The molecule has 0 saturated carbocycles. The van der Waals surface area contributed by atoms with E-state index in [1.54, 1.807) is 6.07 Å².